The summed E-state index contributed by atoms with van der Waals surface area (Å²) in [5.41, 5.74) is 2.53. The molecule has 0 unspecified atom stereocenters. The standard InChI is InChI=1S/C25H32N6O4S2/c1-24(2,3)15-8-13(9-16(19(15)32)25(4,5)6)10-26-17-20(33)31-18(22(34)35)14(11-36-21(17)31)12-37-23-27-28-29-30(23)7/h8-10,17,21,32H,11-12H2,1-7H3,(H,34,35)/t17-,21+/m1/s1. The predicted octanol–water partition coefficient (Wildman–Crippen LogP) is 3.34. The van der Waals surface area contributed by atoms with E-state index in [2.05, 4.69) is 20.5 Å². The molecular formula is C25H32N6O4S2. The number of hydrogen-bond acceptors (Lipinski definition) is 9. The van der Waals surface area contributed by atoms with Gasteiger partial charge in [0.25, 0.3) is 5.91 Å². The van der Waals surface area contributed by atoms with Gasteiger partial charge in [-0.25, -0.2) is 9.48 Å². The van der Waals surface area contributed by atoms with Crippen LogP contribution in [0.2, 0.25) is 0 Å². The van der Waals surface area contributed by atoms with Gasteiger partial charge >= 0.3 is 5.97 Å². The Morgan fingerprint density at radius 1 is 1.22 bits per heavy atom. The number of fused-ring (bicyclic) bond motifs is 1. The lowest BCUT2D eigenvalue weighted by atomic mass is 9.78. The van der Waals surface area contributed by atoms with Gasteiger partial charge in [0.2, 0.25) is 5.16 Å². The topological polar surface area (TPSA) is 134 Å². The van der Waals surface area contributed by atoms with Crippen molar-refractivity contribution >= 4 is 41.6 Å². The number of phenolic OH excluding ortho intramolecular Hbond substituents is 1. The van der Waals surface area contributed by atoms with E-state index in [-0.39, 0.29) is 33.6 Å². The number of nitrogens with zero attached hydrogens (tertiary/aromatic N) is 6. The highest BCUT2D eigenvalue weighted by Gasteiger charge is 2.53. The number of carboxylic acid groups (broad SMARTS) is 1. The van der Waals surface area contributed by atoms with Gasteiger partial charge in [-0.2, -0.15) is 0 Å². The van der Waals surface area contributed by atoms with Crippen molar-refractivity contribution in [3.05, 3.63) is 40.1 Å². The quantitative estimate of drug-likeness (QED) is 0.319. The summed E-state index contributed by atoms with van der Waals surface area (Å²) in [6.07, 6.45) is 1.67. The van der Waals surface area contributed by atoms with Crippen LogP contribution in [0.4, 0.5) is 0 Å². The van der Waals surface area contributed by atoms with Crippen molar-refractivity contribution in [1.82, 2.24) is 25.1 Å². The molecule has 1 fully saturated rings. The summed E-state index contributed by atoms with van der Waals surface area (Å²) < 4.78 is 1.52. The minimum atomic E-state index is -1.13. The Kier molecular flexibility index (Phi) is 7.19. The summed E-state index contributed by atoms with van der Waals surface area (Å²) in [6, 6.07) is 3.14. The third-order valence-corrected chi connectivity index (χ3v) is 8.73. The average molecular weight is 545 g/mol. The molecule has 1 amide bonds. The first-order valence-corrected chi connectivity index (χ1v) is 13.9. The van der Waals surface area contributed by atoms with Crippen molar-refractivity contribution in [2.24, 2.45) is 12.0 Å². The maximum Gasteiger partial charge on any atom is 0.352 e. The van der Waals surface area contributed by atoms with E-state index < -0.39 is 12.0 Å². The normalized spacial score (nSPS) is 20.4. The van der Waals surface area contributed by atoms with E-state index in [1.807, 2.05) is 53.7 Å². The maximum atomic E-state index is 13.1. The Hall–Kier alpha value is -2.86. The number of aryl methyl sites for hydroxylation is 1. The van der Waals surface area contributed by atoms with E-state index in [4.69, 9.17) is 0 Å². The molecule has 0 bridgehead atoms. The average Bonchev–Trinajstić information content (AvgIpc) is 3.20. The van der Waals surface area contributed by atoms with Crippen molar-refractivity contribution < 1.29 is 19.8 Å². The molecule has 4 rings (SSSR count). The zero-order valence-corrected chi connectivity index (χ0v) is 23.6. The summed E-state index contributed by atoms with van der Waals surface area (Å²) >= 11 is 2.84. The lowest BCUT2D eigenvalue weighted by molar-refractivity contribution is -0.147. The Morgan fingerprint density at radius 2 is 1.84 bits per heavy atom. The van der Waals surface area contributed by atoms with E-state index in [1.54, 1.807) is 13.3 Å². The molecule has 3 heterocycles. The molecule has 2 aromatic rings. The van der Waals surface area contributed by atoms with Crippen LogP contribution >= 0.6 is 23.5 Å². The number of thioether (sulfide) groups is 2. The van der Waals surface area contributed by atoms with Crippen LogP contribution in [0, 0.1) is 0 Å². The molecule has 0 aliphatic carbocycles. The zero-order valence-electron chi connectivity index (χ0n) is 22.0. The number of aromatic nitrogens is 4. The van der Waals surface area contributed by atoms with Crippen LogP contribution in [0.5, 0.6) is 5.75 Å². The van der Waals surface area contributed by atoms with Crippen LogP contribution < -0.4 is 0 Å². The third-order valence-electron chi connectivity index (χ3n) is 6.31. The molecule has 0 radical (unpaired) electrons. The van der Waals surface area contributed by atoms with Gasteiger partial charge in [-0.3, -0.25) is 14.7 Å². The zero-order chi connectivity index (χ0) is 27.3. The second-order valence-corrected chi connectivity index (χ2v) is 13.3. The largest absolute Gasteiger partial charge is 0.507 e. The number of benzene rings is 1. The fourth-order valence-electron chi connectivity index (χ4n) is 4.31. The van der Waals surface area contributed by atoms with Crippen LogP contribution in [-0.4, -0.2) is 76.3 Å². The van der Waals surface area contributed by atoms with Crippen LogP contribution in [0.25, 0.3) is 0 Å². The summed E-state index contributed by atoms with van der Waals surface area (Å²) in [5, 5.41) is 32.4. The predicted molar refractivity (Wildman–Crippen MR) is 144 cm³/mol. The number of aromatic hydroxyl groups is 1. The molecular weight excluding hydrogens is 512 g/mol. The molecule has 10 nitrogen and oxygen atoms in total. The van der Waals surface area contributed by atoms with E-state index in [1.165, 1.54) is 33.1 Å². The lowest BCUT2D eigenvalue weighted by Crippen LogP contribution is -2.64. The van der Waals surface area contributed by atoms with E-state index in [0.29, 0.717) is 22.2 Å². The van der Waals surface area contributed by atoms with Gasteiger partial charge in [-0.1, -0.05) is 53.3 Å². The monoisotopic (exact) mass is 544 g/mol. The molecule has 198 valence electrons. The van der Waals surface area contributed by atoms with Gasteiger partial charge in [0, 0.05) is 35.9 Å². The second-order valence-electron chi connectivity index (χ2n) is 11.2. The summed E-state index contributed by atoms with van der Waals surface area (Å²) in [7, 11) is 1.71. The fraction of sp³-hybridized carbons (Fsp3) is 0.520. The van der Waals surface area contributed by atoms with E-state index in [0.717, 1.165) is 16.7 Å². The van der Waals surface area contributed by atoms with Gasteiger partial charge in [0.05, 0.1) is 0 Å². The highest BCUT2D eigenvalue weighted by Crippen LogP contribution is 2.43. The molecule has 1 aromatic carbocycles. The number of rotatable bonds is 6. The Labute approximate surface area is 224 Å². The SMILES string of the molecule is Cn1nnnc1SCC1=C(C(=O)O)N2C(=O)[C@@H](N=Cc3cc(C(C)(C)C)c(O)c(C(C)(C)C)c3)[C@@H]2SC1. The van der Waals surface area contributed by atoms with Crippen molar-refractivity contribution in [1.29, 1.82) is 0 Å². The molecule has 12 heteroatoms. The van der Waals surface area contributed by atoms with Crippen molar-refractivity contribution in [2.75, 3.05) is 11.5 Å². The number of hydrogen-bond donors (Lipinski definition) is 2. The van der Waals surface area contributed by atoms with Gasteiger partial charge in [-0.15, -0.1) is 16.9 Å². The molecule has 1 aromatic heterocycles. The first-order valence-electron chi connectivity index (χ1n) is 11.9. The molecule has 37 heavy (non-hydrogen) atoms. The fourth-order valence-corrected chi connectivity index (χ4v) is 6.64. The molecule has 1 saturated heterocycles. The van der Waals surface area contributed by atoms with Crippen LogP contribution in [0.3, 0.4) is 0 Å². The smallest absolute Gasteiger partial charge is 0.352 e. The third kappa shape index (κ3) is 5.26. The number of carbonyl (C=O) groups is 2. The molecule has 0 spiro atoms. The number of carbonyl (C=O) groups excluding carboxylic acids is 1. The Balaban J connectivity index is 1.58. The van der Waals surface area contributed by atoms with Crippen molar-refractivity contribution in [2.45, 2.75) is 68.9 Å². The Bertz CT molecular complexity index is 1270. The minimum absolute atomic E-state index is 0.0255. The number of tetrazole rings is 1. The second kappa shape index (κ2) is 9.79. The number of carboxylic acids is 1. The number of amides is 1. The number of β-lactam (4-membered cyclic amide) rings is 1. The maximum absolute atomic E-state index is 13.1. The van der Waals surface area contributed by atoms with Crippen LogP contribution in [-0.2, 0) is 27.5 Å². The summed E-state index contributed by atoms with van der Waals surface area (Å²) in [4.78, 5) is 31.2. The Morgan fingerprint density at radius 3 is 2.35 bits per heavy atom. The minimum Gasteiger partial charge on any atom is -0.507 e. The van der Waals surface area contributed by atoms with Gasteiger partial charge in [0.15, 0.2) is 6.04 Å². The highest BCUT2D eigenvalue weighted by atomic mass is 32.2. The molecule has 2 atom stereocenters. The molecule has 2 aliphatic rings. The molecule has 2 aliphatic heterocycles. The van der Waals surface area contributed by atoms with Gasteiger partial charge in [-0.05, 0) is 44.5 Å². The number of aliphatic carboxylic acids is 1. The summed E-state index contributed by atoms with van der Waals surface area (Å²) in [6.45, 7) is 12.2. The highest BCUT2D eigenvalue weighted by molar-refractivity contribution is 8.01. The molecule has 2 N–H and O–H groups in total. The lowest BCUT2D eigenvalue weighted by Gasteiger charge is -2.47. The summed E-state index contributed by atoms with van der Waals surface area (Å²) in [5.74, 6) is -0.339. The van der Waals surface area contributed by atoms with E-state index >= 15 is 0 Å². The van der Waals surface area contributed by atoms with Crippen molar-refractivity contribution in [3.8, 4) is 5.75 Å². The van der Waals surface area contributed by atoms with Crippen molar-refractivity contribution in [3.63, 3.8) is 0 Å². The number of phenols is 1. The first kappa shape index (κ1) is 27.2. The van der Waals surface area contributed by atoms with Gasteiger partial charge < -0.3 is 10.2 Å². The van der Waals surface area contributed by atoms with Crippen LogP contribution in [0.15, 0.2) is 33.6 Å². The van der Waals surface area contributed by atoms with Crippen LogP contribution in [0.1, 0.15) is 58.2 Å². The molecule has 0 saturated carbocycles. The van der Waals surface area contributed by atoms with E-state index in [9.17, 15) is 19.8 Å². The first-order chi connectivity index (χ1) is 17.2. The number of aliphatic imine (C=N–C) groups is 1. The van der Waals surface area contributed by atoms with Gasteiger partial charge in [0.1, 0.15) is 16.8 Å².